The van der Waals surface area contributed by atoms with Gasteiger partial charge in [0.1, 0.15) is 11.6 Å². The number of aryl methyl sites for hydroxylation is 1. The van der Waals surface area contributed by atoms with Crippen LogP contribution in [-0.4, -0.2) is 21.3 Å². The molecule has 0 spiro atoms. The number of hydrogen-bond acceptors (Lipinski definition) is 4. The summed E-state index contributed by atoms with van der Waals surface area (Å²) in [6.07, 6.45) is 3.16. The first-order valence-electron chi connectivity index (χ1n) is 6.21. The van der Waals surface area contributed by atoms with Gasteiger partial charge in [0.15, 0.2) is 0 Å². The predicted molar refractivity (Wildman–Crippen MR) is 70.0 cm³/mol. The van der Waals surface area contributed by atoms with Crippen LogP contribution in [0, 0.1) is 15.9 Å². The molecule has 0 radical (unpaired) electrons. The van der Waals surface area contributed by atoms with Crippen molar-refractivity contribution in [1.29, 1.82) is 0 Å². The van der Waals surface area contributed by atoms with Gasteiger partial charge in [0.05, 0.1) is 30.5 Å². The van der Waals surface area contributed by atoms with Gasteiger partial charge in [-0.2, -0.15) is 4.68 Å². The first kappa shape index (κ1) is 14.0. The quantitative estimate of drug-likeness (QED) is 0.444. The normalized spacial score (nSPS) is 10.4. The van der Waals surface area contributed by atoms with Crippen molar-refractivity contribution < 1.29 is 14.1 Å². The Morgan fingerprint density at radius 2 is 2.00 bits per heavy atom. The third-order valence-corrected chi connectivity index (χ3v) is 2.68. The van der Waals surface area contributed by atoms with Gasteiger partial charge in [-0.3, -0.25) is 0 Å². The van der Waals surface area contributed by atoms with Crippen molar-refractivity contribution in [2.24, 2.45) is 0 Å². The molecular formula is C13H14FN3O3. The summed E-state index contributed by atoms with van der Waals surface area (Å²) in [6, 6.07) is 7.21. The first-order chi connectivity index (χ1) is 9.65. The summed E-state index contributed by atoms with van der Waals surface area (Å²) in [5, 5.41) is 14.3. The number of rotatable bonds is 7. The molecule has 1 aromatic carbocycles. The Kier molecular flexibility index (Phi) is 4.65. The van der Waals surface area contributed by atoms with E-state index < -0.39 is 4.92 Å². The monoisotopic (exact) mass is 279 g/mol. The summed E-state index contributed by atoms with van der Waals surface area (Å²) >= 11 is 0. The van der Waals surface area contributed by atoms with Gasteiger partial charge in [-0.15, -0.1) is 0 Å². The van der Waals surface area contributed by atoms with Crippen molar-refractivity contribution in [3.8, 4) is 5.75 Å². The molecule has 0 aliphatic carbocycles. The zero-order valence-electron chi connectivity index (χ0n) is 10.7. The summed E-state index contributed by atoms with van der Waals surface area (Å²) < 4.78 is 19.6. The Morgan fingerprint density at radius 1 is 1.25 bits per heavy atom. The fourth-order valence-corrected chi connectivity index (χ4v) is 1.67. The van der Waals surface area contributed by atoms with Crippen LogP contribution in [-0.2, 0) is 6.54 Å². The van der Waals surface area contributed by atoms with E-state index in [0.717, 1.165) is 12.8 Å². The Balaban J connectivity index is 1.66. The van der Waals surface area contributed by atoms with Crippen molar-refractivity contribution in [2.75, 3.05) is 6.61 Å². The van der Waals surface area contributed by atoms with Crippen LogP contribution >= 0.6 is 0 Å². The summed E-state index contributed by atoms with van der Waals surface area (Å²) in [5.41, 5.74) is 0. The van der Waals surface area contributed by atoms with E-state index >= 15 is 0 Å². The molecule has 0 aliphatic heterocycles. The van der Waals surface area contributed by atoms with Crippen LogP contribution in [0.4, 0.5) is 10.2 Å². The lowest BCUT2D eigenvalue weighted by molar-refractivity contribution is -0.389. The highest BCUT2D eigenvalue weighted by molar-refractivity contribution is 5.21. The molecule has 106 valence electrons. The van der Waals surface area contributed by atoms with Gasteiger partial charge < -0.3 is 14.9 Å². The third-order valence-electron chi connectivity index (χ3n) is 2.68. The summed E-state index contributed by atoms with van der Waals surface area (Å²) in [4.78, 5) is 9.93. The molecule has 0 unspecified atom stereocenters. The van der Waals surface area contributed by atoms with Crippen LogP contribution in [0.3, 0.4) is 0 Å². The first-order valence-corrected chi connectivity index (χ1v) is 6.21. The van der Waals surface area contributed by atoms with Crippen LogP contribution in [0.5, 0.6) is 5.75 Å². The number of nitrogens with zero attached hydrogens (tertiary/aromatic N) is 3. The van der Waals surface area contributed by atoms with Crippen molar-refractivity contribution in [3.05, 3.63) is 52.5 Å². The summed E-state index contributed by atoms with van der Waals surface area (Å²) in [6.45, 7) is 1.11. The van der Waals surface area contributed by atoms with Gasteiger partial charge >= 0.3 is 5.82 Å². The molecule has 1 aromatic heterocycles. The van der Waals surface area contributed by atoms with Crippen LogP contribution in [0.1, 0.15) is 12.8 Å². The number of unbranched alkanes of at least 4 members (excludes halogenated alkanes) is 1. The van der Waals surface area contributed by atoms with E-state index in [1.54, 1.807) is 18.3 Å². The van der Waals surface area contributed by atoms with Gasteiger partial charge in [-0.1, -0.05) is 0 Å². The Hall–Kier alpha value is -2.44. The molecule has 2 aromatic rings. The van der Waals surface area contributed by atoms with Gasteiger partial charge in [0, 0.05) is 0 Å². The van der Waals surface area contributed by atoms with E-state index in [4.69, 9.17) is 4.74 Å². The zero-order chi connectivity index (χ0) is 14.4. The molecule has 0 N–H and O–H groups in total. The highest BCUT2D eigenvalue weighted by atomic mass is 19.1. The second kappa shape index (κ2) is 6.65. The molecule has 1 heterocycles. The fraction of sp³-hybridized carbons (Fsp3) is 0.308. The minimum absolute atomic E-state index is 0.146. The number of halogens is 1. The highest BCUT2D eigenvalue weighted by Crippen LogP contribution is 2.12. The maximum absolute atomic E-state index is 12.7. The minimum Gasteiger partial charge on any atom is -0.494 e. The molecule has 0 saturated heterocycles. The fourth-order valence-electron chi connectivity index (χ4n) is 1.67. The van der Waals surface area contributed by atoms with E-state index in [1.807, 2.05) is 0 Å². The summed E-state index contributed by atoms with van der Waals surface area (Å²) in [5.74, 6) is 0.186. The smallest absolute Gasteiger partial charge is 0.389 e. The number of ether oxygens (including phenoxy) is 1. The Bertz CT molecular complexity index is 568. The molecule has 2 rings (SSSR count). The number of benzene rings is 1. The van der Waals surface area contributed by atoms with Gasteiger partial charge in [0.25, 0.3) is 0 Å². The van der Waals surface area contributed by atoms with Crippen molar-refractivity contribution >= 4 is 5.82 Å². The summed E-state index contributed by atoms with van der Waals surface area (Å²) in [7, 11) is 0. The zero-order valence-corrected chi connectivity index (χ0v) is 10.7. The molecular weight excluding hydrogens is 265 g/mol. The van der Waals surface area contributed by atoms with Crippen LogP contribution < -0.4 is 4.74 Å². The predicted octanol–water partition coefficient (Wildman–Crippen LogP) is 2.79. The minimum atomic E-state index is -0.520. The molecule has 7 heteroatoms. The lowest BCUT2D eigenvalue weighted by Crippen LogP contribution is -2.03. The SMILES string of the molecule is O=[N+]([O-])c1ccn(CCCCOc2ccc(F)cc2)n1. The maximum Gasteiger partial charge on any atom is 0.389 e. The van der Waals surface area contributed by atoms with E-state index in [9.17, 15) is 14.5 Å². The lowest BCUT2D eigenvalue weighted by atomic mass is 10.3. The van der Waals surface area contributed by atoms with E-state index in [1.165, 1.54) is 22.9 Å². The molecule has 20 heavy (non-hydrogen) atoms. The van der Waals surface area contributed by atoms with Gasteiger partial charge in [-0.25, -0.2) is 4.39 Å². The molecule has 0 saturated carbocycles. The molecule has 0 bridgehead atoms. The second-order valence-corrected chi connectivity index (χ2v) is 4.20. The average Bonchev–Trinajstić information content (AvgIpc) is 2.89. The Morgan fingerprint density at radius 3 is 2.65 bits per heavy atom. The average molecular weight is 279 g/mol. The van der Waals surface area contributed by atoms with Crippen molar-refractivity contribution in [3.63, 3.8) is 0 Å². The largest absolute Gasteiger partial charge is 0.494 e. The molecule has 6 nitrogen and oxygen atoms in total. The lowest BCUT2D eigenvalue weighted by Gasteiger charge is -2.05. The van der Waals surface area contributed by atoms with Crippen LogP contribution in [0.25, 0.3) is 0 Å². The molecule has 0 amide bonds. The third kappa shape index (κ3) is 4.04. The molecule has 0 atom stereocenters. The number of aromatic nitrogens is 2. The molecule has 0 aliphatic rings. The topological polar surface area (TPSA) is 70.2 Å². The van der Waals surface area contributed by atoms with Gasteiger partial charge in [-0.05, 0) is 42.0 Å². The van der Waals surface area contributed by atoms with Crippen LogP contribution in [0.15, 0.2) is 36.5 Å². The number of nitro groups is 1. The van der Waals surface area contributed by atoms with Crippen LogP contribution in [0.2, 0.25) is 0 Å². The van der Waals surface area contributed by atoms with E-state index in [2.05, 4.69) is 5.10 Å². The highest BCUT2D eigenvalue weighted by Gasteiger charge is 2.09. The number of hydrogen-bond donors (Lipinski definition) is 0. The van der Waals surface area contributed by atoms with Gasteiger partial charge in [0.2, 0.25) is 0 Å². The Labute approximate surface area is 114 Å². The van der Waals surface area contributed by atoms with Crippen molar-refractivity contribution in [1.82, 2.24) is 9.78 Å². The van der Waals surface area contributed by atoms with E-state index in [-0.39, 0.29) is 11.6 Å². The second-order valence-electron chi connectivity index (χ2n) is 4.20. The standard InChI is InChI=1S/C13H14FN3O3/c14-11-3-5-12(6-4-11)20-10-2-1-8-16-9-7-13(15-16)17(18)19/h3-7,9H,1-2,8,10H2. The molecule has 0 fully saturated rings. The van der Waals surface area contributed by atoms with E-state index in [0.29, 0.717) is 18.9 Å². The maximum atomic E-state index is 12.7. The van der Waals surface area contributed by atoms with Crippen molar-refractivity contribution in [2.45, 2.75) is 19.4 Å².